The van der Waals surface area contributed by atoms with Gasteiger partial charge >= 0.3 is 0 Å². The third kappa shape index (κ3) is 9.12. The van der Waals surface area contributed by atoms with Crippen LogP contribution >= 0.6 is 23.4 Å². The number of nitrogens with zero attached hydrogens (tertiary/aromatic N) is 2. The Morgan fingerprint density at radius 2 is 1.56 bits per heavy atom. The third-order valence-electron chi connectivity index (χ3n) is 7.31. The second-order valence-corrected chi connectivity index (χ2v) is 13.8. The van der Waals surface area contributed by atoms with E-state index in [1.54, 1.807) is 66.7 Å². The molecular weight excluding hydrogens is 626 g/mol. The lowest BCUT2D eigenvalue weighted by Gasteiger charge is -2.34. The number of benzene rings is 4. The van der Waals surface area contributed by atoms with Gasteiger partial charge in [-0.05, 0) is 79.3 Å². The van der Waals surface area contributed by atoms with Gasteiger partial charge in [0.05, 0.1) is 10.6 Å². The molecular formula is C35H38ClN3O4S2. The number of nitrogens with one attached hydrogen (secondary N) is 1. The number of anilines is 1. The van der Waals surface area contributed by atoms with Gasteiger partial charge < -0.3 is 10.2 Å². The molecule has 2 amide bonds. The number of aryl methyl sites for hydroxylation is 1. The first kappa shape index (κ1) is 34.1. The summed E-state index contributed by atoms with van der Waals surface area (Å²) in [6.07, 6.45) is 2.88. The predicted molar refractivity (Wildman–Crippen MR) is 183 cm³/mol. The number of sulfonamides is 1. The van der Waals surface area contributed by atoms with E-state index < -0.39 is 28.5 Å². The molecule has 0 saturated heterocycles. The van der Waals surface area contributed by atoms with Crippen molar-refractivity contribution in [3.63, 3.8) is 0 Å². The van der Waals surface area contributed by atoms with Crippen LogP contribution in [0, 0.1) is 6.92 Å². The van der Waals surface area contributed by atoms with Crippen molar-refractivity contribution in [1.29, 1.82) is 0 Å². The molecule has 0 radical (unpaired) electrons. The number of amides is 2. The highest BCUT2D eigenvalue weighted by atomic mass is 35.5. The Labute approximate surface area is 275 Å². The van der Waals surface area contributed by atoms with Crippen molar-refractivity contribution in [3.05, 3.63) is 125 Å². The molecule has 0 fully saturated rings. The Bertz CT molecular complexity index is 1680. The summed E-state index contributed by atoms with van der Waals surface area (Å²) >= 11 is 7.81. The number of carbonyl (C=O) groups excluding carboxylic acids is 2. The molecule has 0 aliphatic carbocycles. The molecule has 1 N–H and O–H groups in total. The molecule has 0 aromatic heterocycles. The van der Waals surface area contributed by atoms with Gasteiger partial charge in [-0.15, -0.1) is 11.8 Å². The lowest BCUT2D eigenvalue weighted by molar-refractivity contribution is -0.140. The summed E-state index contributed by atoms with van der Waals surface area (Å²) < 4.78 is 29.5. The molecule has 0 aliphatic rings. The predicted octanol–water partition coefficient (Wildman–Crippen LogP) is 6.73. The van der Waals surface area contributed by atoms with Gasteiger partial charge in [-0.1, -0.05) is 78.7 Å². The maximum absolute atomic E-state index is 14.5. The maximum atomic E-state index is 14.5. The summed E-state index contributed by atoms with van der Waals surface area (Å²) in [5, 5.41) is 3.44. The fourth-order valence-corrected chi connectivity index (χ4v) is 6.90. The van der Waals surface area contributed by atoms with Crippen LogP contribution in [-0.4, -0.2) is 50.5 Å². The zero-order valence-corrected chi connectivity index (χ0v) is 28.0. The van der Waals surface area contributed by atoms with E-state index in [4.69, 9.17) is 11.6 Å². The van der Waals surface area contributed by atoms with E-state index in [9.17, 15) is 18.0 Å². The van der Waals surface area contributed by atoms with Gasteiger partial charge in [0.15, 0.2) is 0 Å². The van der Waals surface area contributed by atoms with Crippen LogP contribution in [0.5, 0.6) is 0 Å². The number of carbonyl (C=O) groups is 2. The molecule has 0 saturated carbocycles. The average Bonchev–Trinajstić information content (AvgIpc) is 3.05. The zero-order valence-electron chi connectivity index (χ0n) is 25.6. The van der Waals surface area contributed by atoms with E-state index >= 15 is 0 Å². The van der Waals surface area contributed by atoms with E-state index in [1.807, 2.05) is 56.5 Å². The monoisotopic (exact) mass is 663 g/mol. The lowest BCUT2D eigenvalue weighted by atomic mass is 10.0. The quantitative estimate of drug-likeness (QED) is 0.151. The van der Waals surface area contributed by atoms with Crippen LogP contribution in [0.2, 0.25) is 5.02 Å². The largest absolute Gasteiger partial charge is 0.354 e. The van der Waals surface area contributed by atoms with Gasteiger partial charge in [0.2, 0.25) is 11.8 Å². The highest BCUT2D eigenvalue weighted by Crippen LogP contribution is 2.27. The minimum Gasteiger partial charge on any atom is -0.354 e. The summed E-state index contributed by atoms with van der Waals surface area (Å²) in [4.78, 5) is 30.6. The average molecular weight is 664 g/mol. The molecule has 7 nitrogen and oxygen atoms in total. The van der Waals surface area contributed by atoms with Crippen molar-refractivity contribution in [2.24, 2.45) is 0 Å². The van der Waals surface area contributed by atoms with E-state index in [1.165, 1.54) is 16.7 Å². The second-order valence-electron chi connectivity index (χ2n) is 10.7. The molecule has 4 rings (SSSR count). The molecule has 0 heterocycles. The van der Waals surface area contributed by atoms with Crippen LogP contribution in [0.3, 0.4) is 0 Å². The van der Waals surface area contributed by atoms with Crippen LogP contribution in [0.15, 0.2) is 113 Å². The molecule has 236 valence electrons. The molecule has 0 bridgehead atoms. The normalized spacial score (nSPS) is 11.9. The van der Waals surface area contributed by atoms with Gasteiger partial charge in [-0.25, -0.2) is 8.42 Å². The Morgan fingerprint density at radius 1 is 0.889 bits per heavy atom. The van der Waals surface area contributed by atoms with Gasteiger partial charge in [-0.3, -0.25) is 13.9 Å². The number of hydrogen-bond acceptors (Lipinski definition) is 5. The first-order valence-corrected chi connectivity index (χ1v) is 17.8. The molecule has 45 heavy (non-hydrogen) atoms. The summed E-state index contributed by atoms with van der Waals surface area (Å²) in [5.41, 5.74) is 2.88. The molecule has 0 spiro atoms. The minimum atomic E-state index is -4.16. The van der Waals surface area contributed by atoms with Gasteiger partial charge in [0, 0.05) is 29.4 Å². The minimum absolute atomic E-state index is 0.0562. The summed E-state index contributed by atoms with van der Waals surface area (Å²) in [6, 6.07) is 29.2. The Balaban J connectivity index is 1.79. The molecule has 1 unspecified atom stereocenters. The second kappa shape index (κ2) is 16.0. The summed E-state index contributed by atoms with van der Waals surface area (Å²) in [5.74, 6) is -0.832. The number of halogens is 1. The number of hydrogen-bond donors (Lipinski definition) is 1. The highest BCUT2D eigenvalue weighted by Gasteiger charge is 2.34. The third-order valence-corrected chi connectivity index (χ3v) is 10.1. The maximum Gasteiger partial charge on any atom is 0.264 e. The standard InChI is InChI=1S/C35H38ClN3O4S2/c1-4-21-37-35(41)33(23-27-9-6-5-7-10-27)38(24-28-11-8-12-29(36)22-28)34(40)25-39(30-15-13-26(2)14-16-30)45(42,43)32-19-17-31(44-3)18-20-32/h5-20,22,33H,4,21,23-25H2,1-3H3,(H,37,41). The molecule has 0 aliphatic heterocycles. The Morgan fingerprint density at radius 3 is 2.18 bits per heavy atom. The van der Waals surface area contributed by atoms with E-state index in [0.29, 0.717) is 17.3 Å². The van der Waals surface area contributed by atoms with E-state index in [-0.39, 0.29) is 23.8 Å². The van der Waals surface area contributed by atoms with Crippen molar-refractivity contribution in [2.75, 3.05) is 23.7 Å². The van der Waals surface area contributed by atoms with Crippen molar-refractivity contribution in [1.82, 2.24) is 10.2 Å². The van der Waals surface area contributed by atoms with Crippen LogP contribution in [0.4, 0.5) is 5.69 Å². The van der Waals surface area contributed by atoms with Crippen molar-refractivity contribution in [3.8, 4) is 0 Å². The highest BCUT2D eigenvalue weighted by molar-refractivity contribution is 7.98. The fraction of sp³-hybridized carbons (Fsp3) is 0.257. The van der Waals surface area contributed by atoms with Crippen molar-refractivity contribution < 1.29 is 18.0 Å². The van der Waals surface area contributed by atoms with Crippen LogP contribution < -0.4 is 9.62 Å². The van der Waals surface area contributed by atoms with Crippen LogP contribution in [0.1, 0.15) is 30.0 Å². The van der Waals surface area contributed by atoms with E-state index in [2.05, 4.69) is 5.32 Å². The summed E-state index contributed by atoms with van der Waals surface area (Å²) in [6.45, 7) is 3.85. The fourth-order valence-electron chi connectivity index (χ4n) is 4.87. The molecule has 1 atom stereocenters. The van der Waals surface area contributed by atoms with Crippen molar-refractivity contribution in [2.45, 2.75) is 49.1 Å². The zero-order chi connectivity index (χ0) is 32.4. The molecule has 4 aromatic rings. The molecule has 10 heteroatoms. The first-order chi connectivity index (χ1) is 21.6. The van der Waals surface area contributed by atoms with Crippen molar-refractivity contribution >= 4 is 50.9 Å². The van der Waals surface area contributed by atoms with E-state index in [0.717, 1.165) is 32.3 Å². The SMILES string of the molecule is CCCNC(=O)C(Cc1ccccc1)N(Cc1cccc(Cl)c1)C(=O)CN(c1ccc(C)cc1)S(=O)(=O)c1ccc(SC)cc1. The van der Waals surface area contributed by atoms with Crippen LogP contribution in [-0.2, 0) is 32.6 Å². The van der Waals surface area contributed by atoms with Gasteiger partial charge in [0.25, 0.3) is 10.0 Å². The number of thioether (sulfide) groups is 1. The van der Waals surface area contributed by atoms with Gasteiger partial charge in [0.1, 0.15) is 12.6 Å². The topological polar surface area (TPSA) is 86.8 Å². The molecule has 4 aromatic carbocycles. The summed E-state index contributed by atoms with van der Waals surface area (Å²) in [7, 11) is -4.16. The van der Waals surface area contributed by atoms with Gasteiger partial charge in [-0.2, -0.15) is 0 Å². The lowest BCUT2D eigenvalue weighted by Crippen LogP contribution is -2.53. The Hall–Kier alpha value is -3.79. The Kier molecular flexibility index (Phi) is 12.1. The first-order valence-electron chi connectivity index (χ1n) is 14.7. The number of rotatable bonds is 14. The smallest absolute Gasteiger partial charge is 0.264 e. The van der Waals surface area contributed by atoms with Crippen LogP contribution in [0.25, 0.3) is 0 Å².